The van der Waals surface area contributed by atoms with Gasteiger partial charge in [-0.05, 0) is 58.0 Å². The molecule has 3 heterocycles. The van der Waals surface area contributed by atoms with E-state index in [2.05, 4.69) is 37.7 Å². The van der Waals surface area contributed by atoms with Crippen molar-refractivity contribution in [2.75, 3.05) is 11.1 Å². The molecular formula is C35H31N7O4S. The molecule has 7 rings (SSSR count). The van der Waals surface area contributed by atoms with Gasteiger partial charge in [0.05, 0.1) is 41.7 Å². The van der Waals surface area contributed by atoms with Crippen molar-refractivity contribution in [1.29, 1.82) is 0 Å². The number of amides is 1. The van der Waals surface area contributed by atoms with Gasteiger partial charge in [-0.2, -0.15) is 4.68 Å². The monoisotopic (exact) mass is 645 g/mol. The third kappa shape index (κ3) is 6.76. The largest absolute Gasteiger partial charge is 0.392 e. The Morgan fingerprint density at radius 2 is 1.62 bits per heavy atom. The van der Waals surface area contributed by atoms with Crippen molar-refractivity contribution in [1.82, 2.24) is 30.2 Å². The number of fused-ring (bicyclic) bond motifs is 1. The highest BCUT2D eigenvalue weighted by molar-refractivity contribution is 7.99. The molecule has 1 fully saturated rings. The number of hydrogen-bond acceptors (Lipinski definition) is 10. The van der Waals surface area contributed by atoms with Crippen molar-refractivity contribution in [2.45, 2.75) is 37.2 Å². The number of tetrazole rings is 1. The van der Waals surface area contributed by atoms with Crippen LogP contribution in [0.5, 0.6) is 0 Å². The second kappa shape index (κ2) is 13.8. The fourth-order valence-electron chi connectivity index (χ4n) is 5.45. The van der Waals surface area contributed by atoms with Crippen LogP contribution in [0.15, 0.2) is 114 Å². The molecule has 6 aromatic rings. The number of carbonyl (C=O) groups is 1. The normalized spacial score (nSPS) is 19.4. The average molecular weight is 646 g/mol. The first-order valence-corrected chi connectivity index (χ1v) is 16.1. The standard InChI is InChI=1S/C35H31N7O4S/c1-22-31(21-47-35-39-40-41-42(35)27-7-3-2-4-8-27)45-34(46-32(22)24-13-11-23(20-43)12-14-24)25-15-17-26(18-16-25)37-33(44)30-19-36-28-9-5-6-10-29(28)38-30/h2-19,22,31-32,34,43H,20-21H2,1H3,(H,37,44)/t22-,31+,32+,34+/m1/s1. The minimum atomic E-state index is -0.666. The number of thioether (sulfide) groups is 1. The van der Waals surface area contributed by atoms with E-state index in [1.54, 1.807) is 4.68 Å². The number of carbonyl (C=O) groups excluding carboxylic acids is 1. The number of aliphatic hydroxyl groups is 1. The molecule has 12 heteroatoms. The molecule has 47 heavy (non-hydrogen) atoms. The first-order valence-electron chi connectivity index (χ1n) is 15.2. The quantitative estimate of drug-likeness (QED) is 0.182. The first kappa shape index (κ1) is 30.6. The van der Waals surface area contributed by atoms with Gasteiger partial charge in [0, 0.05) is 22.9 Å². The van der Waals surface area contributed by atoms with E-state index in [0.29, 0.717) is 22.1 Å². The number of anilines is 1. The molecule has 0 saturated carbocycles. The Morgan fingerprint density at radius 3 is 2.38 bits per heavy atom. The van der Waals surface area contributed by atoms with Gasteiger partial charge in [0.1, 0.15) is 5.69 Å². The van der Waals surface area contributed by atoms with Crippen molar-refractivity contribution < 1.29 is 19.4 Å². The van der Waals surface area contributed by atoms with Gasteiger partial charge < -0.3 is 19.9 Å². The summed E-state index contributed by atoms with van der Waals surface area (Å²) in [6.45, 7) is 2.08. The molecule has 11 nitrogen and oxygen atoms in total. The lowest BCUT2D eigenvalue weighted by Crippen LogP contribution is -2.38. The molecular weight excluding hydrogens is 614 g/mol. The summed E-state index contributed by atoms with van der Waals surface area (Å²) in [5.74, 6) is 0.221. The molecule has 2 N–H and O–H groups in total. The smallest absolute Gasteiger partial charge is 0.275 e. The Hall–Kier alpha value is -5.01. The maximum atomic E-state index is 13.0. The van der Waals surface area contributed by atoms with Gasteiger partial charge in [0.15, 0.2) is 6.29 Å². The maximum absolute atomic E-state index is 13.0. The molecule has 1 amide bonds. The summed E-state index contributed by atoms with van der Waals surface area (Å²) in [6.07, 6.45) is 0.317. The van der Waals surface area contributed by atoms with Gasteiger partial charge in [-0.25, -0.2) is 4.98 Å². The molecule has 236 valence electrons. The zero-order valence-corrected chi connectivity index (χ0v) is 26.2. The van der Waals surface area contributed by atoms with Crippen LogP contribution in [0, 0.1) is 5.92 Å². The van der Waals surface area contributed by atoms with Gasteiger partial charge >= 0.3 is 0 Å². The van der Waals surface area contributed by atoms with Crippen molar-refractivity contribution in [3.05, 3.63) is 132 Å². The predicted octanol–water partition coefficient (Wildman–Crippen LogP) is 5.93. The van der Waals surface area contributed by atoms with E-state index < -0.39 is 6.29 Å². The lowest BCUT2D eigenvalue weighted by atomic mass is 9.91. The molecule has 1 saturated heterocycles. The van der Waals surface area contributed by atoms with Gasteiger partial charge in [-0.3, -0.25) is 9.78 Å². The van der Waals surface area contributed by atoms with Gasteiger partial charge in [0.2, 0.25) is 5.16 Å². The number of benzene rings is 4. The minimum absolute atomic E-state index is 0.0126. The topological polar surface area (TPSA) is 137 Å². The summed E-state index contributed by atoms with van der Waals surface area (Å²) in [4.78, 5) is 21.7. The molecule has 1 aliphatic heterocycles. The Morgan fingerprint density at radius 1 is 0.894 bits per heavy atom. The van der Waals surface area contributed by atoms with E-state index in [0.717, 1.165) is 27.9 Å². The summed E-state index contributed by atoms with van der Waals surface area (Å²) in [6, 6.07) is 32.4. The Balaban J connectivity index is 1.09. The molecule has 0 aliphatic carbocycles. The number of para-hydroxylation sites is 3. The molecule has 1 aliphatic rings. The lowest BCUT2D eigenvalue weighted by molar-refractivity contribution is -0.268. The lowest BCUT2D eigenvalue weighted by Gasteiger charge is -2.41. The molecule has 0 unspecified atom stereocenters. The molecule has 0 bridgehead atoms. The fraction of sp³-hybridized carbons (Fsp3) is 0.200. The maximum Gasteiger partial charge on any atom is 0.275 e. The van der Waals surface area contributed by atoms with Crippen molar-refractivity contribution in [2.24, 2.45) is 5.92 Å². The number of rotatable bonds is 9. The average Bonchev–Trinajstić information content (AvgIpc) is 3.60. The van der Waals surface area contributed by atoms with Gasteiger partial charge in [0.25, 0.3) is 5.91 Å². The van der Waals surface area contributed by atoms with E-state index >= 15 is 0 Å². The van der Waals surface area contributed by atoms with Crippen LogP contribution in [0.25, 0.3) is 16.7 Å². The summed E-state index contributed by atoms with van der Waals surface area (Å²) in [5, 5.41) is 25.5. The third-order valence-corrected chi connectivity index (χ3v) is 9.07. The van der Waals surface area contributed by atoms with Crippen molar-refractivity contribution in [3.63, 3.8) is 0 Å². The SMILES string of the molecule is C[C@@H]1[C@H](CSc2nnnn2-c2ccccc2)O[C@H](c2ccc(NC(=O)c3cnc4ccccc4n3)cc2)O[C@@H]1c1ccc(CO)cc1. The van der Waals surface area contributed by atoms with Crippen molar-refractivity contribution >= 4 is 34.4 Å². The fourth-order valence-corrected chi connectivity index (χ4v) is 6.51. The van der Waals surface area contributed by atoms with Crippen LogP contribution in [-0.2, 0) is 16.1 Å². The number of nitrogens with zero attached hydrogens (tertiary/aromatic N) is 6. The number of hydrogen-bond donors (Lipinski definition) is 2. The highest BCUT2D eigenvalue weighted by Gasteiger charge is 2.38. The van der Waals surface area contributed by atoms with Crippen molar-refractivity contribution in [3.8, 4) is 5.69 Å². The molecule has 0 radical (unpaired) electrons. The second-order valence-corrected chi connectivity index (χ2v) is 12.1. The van der Waals surface area contributed by atoms with Gasteiger partial charge in [-0.1, -0.05) is 85.4 Å². The summed E-state index contributed by atoms with van der Waals surface area (Å²) < 4.78 is 14.9. The van der Waals surface area contributed by atoms with Crippen LogP contribution in [0.3, 0.4) is 0 Å². The highest BCUT2D eigenvalue weighted by atomic mass is 32.2. The molecule has 2 aromatic heterocycles. The van der Waals surface area contributed by atoms with Gasteiger partial charge in [-0.15, -0.1) is 5.10 Å². The molecule has 4 atom stereocenters. The van der Waals surface area contributed by atoms with Crippen LogP contribution in [0.2, 0.25) is 0 Å². The summed E-state index contributed by atoms with van der Waals surface area (Å²) >= 11 is 1.52. The van der Waals surface area contributed by atoms with E-state index in [1.807, 2.05) is 103 Å². The van der Waals surface area contributed by atoms with Crippen LogP contribution in [0.4, 0.5) is 5.69 Å². The third-order valence-electron chi connectivity index (χ3n) is 8.06. The highest BCUT2D eigenvalue weighted by Crippen LogP contribution is 2.43. The van der Waals surface area contributed by atoms with E-state index in [1.165, 1.54) is 18.0 Å². The summed E-state index contributed by atoms with van der Waals surface area (Å²) in [5.41, 5.74) is 5.72. The number of nitrogens with one attached hydrogen (secondary N) is 1. The van der Waals surface area contributed by atoms with Crippen LogP contribution >= 0.6 is 11.8 Å². The summed E-state index contributed by atoms with van der Waals surface area (Å²) in [7, 11) is 0. The number of ether oxygens (including phenoxy) is 2. The Kier molecular flexibility index (Phi) is 8.98. The van der Waals surface area contributed by atoms with E-state index in [4.69, 9.17) is 9.47 Å². The van der Waals surface area contributed by atoms with E-state index in [-0.39, 0.29) is 36.3 Å². The van der Waals surface area contributed by atoms with Crippen LogP contribution in [0.1, 0.15) is 46.5 Å². The Labute approximate surface area is 275 Å². The number of aromatic nitrogens is 6. The van der Waals surface area contributed by atoms with Crippen LogP contribution < -0.4 is 5.32 Å². The number of aliphatic hydroxyl groups excluding tert-OH is 1. The van der Waals surface area contributed by atoms with E-state index in [9.17, 15) is 9.90 Å². The molecule has 0 spiro atoms. The van der Waals surface area contributed by atoms with Crippen LogP contribution in [-0.4, -0.2) is 53.0 Å². The zero-order valence-electron chi connectivity index (χ0n) is 25.4. The predicted molar refractivity (Wildman–Crippen MR) is 177 cm³/mol. The molecule has 4 aromatic carbocycles. The Bertz CT molecular complexity index is 1970. The first-order chi connectivity index (χ1) is 23.1. The minimum Gasteiger partial charge on any atom is -0.392 e. The zero-order chi connectivity index (χ0) is 32.2. The second-order valence-electron chi connectivity index (χ2n) is 11.2.